The Morgan fingerprint density at radius 3 is 2.58 bits per heavy atom. The van der Waals surface area contributed by atoms with E-state index >= 15 is 0 Å². The SMILES string of the molecule is NCCCNCc1ccc(-c2c[nH]c(NC(=O)NCCc3ccc(F)cc3)nc2=O)cc1F. The van der Waals surface area contributed by atoms with E-state index < -0.39 is 17.4 Å². The minimum absolute atomic E-state index is 0.0378. The minimum Gasteiger partial charge on any atom is -0.337 e. The summed E-state index contributed by atoms with van der Waals surface area (Å²) in [5, 5.41) is 8.18. The number of nitrogens with zero attached hydrogens (tertiary/aromatic N) is 1. The van der Waals surface area contributed by atoms with Gasteiger partial charge in [-0.1, -0.05) is 24.3 Å². The molecule has 174 valence electrons. The molecule has 2 amide bonds. The lowest BCUT2D eigenvalue weighted by molar-refractivity contribution is 0.252. The number of benzene rings is 2. The molecular weight excluding hydrogens is 430 g/mol. The fourth-order valence-electron chi connectivity index (χ4n) is 3.10. The smallest absolute Gasteiger partial charge is 0.321 e. The number of halogens is 2. The molecule has 0 aliphatic carbocycles. The molecule has 0 bridgehead atoms. The van der Waals surface area contributed by atoms with Crippen LogP contribution in [0.5, 0.6) is 0 Å². The second-order valence-corrected chi connectivity index (χ2v) is 7.35. The number of urea groups is 1. The van der Waals surface area contributed by atoms with Crippen LogP contribution in [0.15, 0.2) is 53.5 Å². The van der Waals surface area contributed by atoms with Gasteiger partial charge in [-0.05, 0) is 55.3 Å². The molecule has 0 radical (unpaired) electrons. The van der Waals surface area contributed by atoms with Gasteiger partial charge in [-0.3, -0.25) is 10.1 Å². The van der Waals surface area contributed by atoms with Gasteiger partial charge in [-0.2, -0.15) is 4.98 Å². The number of H-pyrrole nitrogens is 1. The number of aromatic nitrogens is 2. The van der Waals surface area contributed by atoms with Crippen molar-refractivity contribution in [1.29, 1.82) is 0 Å². The van der Waals surface area contributed by atoms with Crippen molar-refractivity contribution in [3.63, 3.8) is 0 Å². The second-order valence-electron chi connectivity index (χ2n) is 7.35. The summed E-state index contributed by atoms with van der Waals surface area (Å²) in [5.41, 5.74) is 6.73. The summed E-state index contributed by atoms with van der Waals surface area (Å²) in [6, 6.07) is 9.97. The Hall–Kier alpha value is -3.63. The van der Waals surface area contributed by atoms with Crippen LogP contribution in [0, 0.1) is 11.6 Å². The molecule has 0 unspecified atom stereocenters. The number of anilines is 1. The number of carbonyl (C=O) groups excluding carboxylic acids is 1. The number of nitrogens with one attached hydrogen (secondary N) is 4. The van der Waals surface area contributed by atoms with Crippen molar-refractivity contribution >= 4 is 12.0 Å². The predicted molar refractivity (Wildman–Crippen MR) is 123 cm³/mol. The van der Waals surface area contributed by atoms with Crippen LogP contribution in [0.4, 0.5) is 19.5 Å². The van der Waals surface area contributed by atoms with Gasteiger partial charge in [0.2, 0.25) is 5.95 Å². The molecule has 0 fully saturated rings. The van der Waals surface area contributed by atoms with Gasteiger partial charge in [0.1, 0.15) is 11.6 Å². The molecular formula is C23H26F2N6O2. The van der Waals surface area contributed by atoms with Gasteiger partial charge in [0, 0.05) is 24.8 Å². The topological polar surface area (TPSA) is 125 Å². The number of hydrogen-bond donors (Lipinski definition) is 5. The third kappa shape index (κ3) is 7.19. The third-order valence-electron chi connectivity index (χ3n) is 4.88. The largest absolute Gasteiger partial charge is 0.337 e. The van der Waals surface area contributed by atoms with Crippen LogP contribution in [0.3, 0.4) is 0 Å². The first-order valence-electron chi connectivity index (χ1n) is 10.5. The maximum Gasteiger partial charge on any atom is 0.321 e. The molecule has 6 N–H and O–H groups in total. The molecule has 3 rings (SSSR count). The molecule has 0 atom stereocenters. The lowest BCUT2D eigenvalue weighted by Crippen LogP contribution is -2.31. The third-order valence-corrected chi connectivity index (χ3v) is 4.88. The molecule has 10 heteroatoms. The summed E-state index contributed by atoms with van der Waals surface area (Å²) in [5.74, 6) is -0.795. The molecule has 0 aliphatic rings. The second kappa shape index (κ2) is 11.8. The van der Waals surface area contributed by atoms with Gasteiger partial charge in [0.25, 0.3) is 5.56 Å². The highest BCUT2D eigenvalue weighted by molar-refractivity contribution is 5.87. The van der Waals surface area contributed by atoms with Crippen LogP contribution < -0.4 is 27.2 Å². The van der Waals surface area contributed by atoms with Crippen LogP contribution in [0.2, 0.25) is 0 Å². The summed E-state index contributed by atoms with van der Waals surface area (Å²) in [4.78, 5) is 31.0. The number of carbonyl (C=O) groups is 1. The number of rotatable bonds is 10. The van der Waals surface area contributed by atoms with Gasteiger partial charge in [-0.15, -0.1) is 0 Å². The molecule has 0 aliphatic heterocycles. The van der Waals surface area contributed by atoms with Gasteiger partial charge in [-0.25, -0.2) is 13.6 Å². The van der Waals surface area contributed by atoms with Gasteiger partial charge in [0.15, 0.2) is 0 Å². The highest BCUT2D eigenvalue weighted by Crippen LogP contribution is 2.19. The first-order valence-corrected chi connectivity index (χ1v) is 10.5. The number of hydrogen-bond acceptors (Lipinski definition) is 5. The summed E-state index contributed by atoms with van der Waals surface area (Å²) in [6.07, 6.45) is 2.69. The van der Waals surface area contributed by atoms with E-state index in [4.69, 9.17) is 5.73 Å². The van der Waals surface area contributed by atoms with Crippen molar-refractivity contribution in [2.45, 2.75) is 19.4 Å². The van der Waals surface area contributed by atoms with E-state index in [1.807, 2.05) is 0 Å². The fraction of sp³-hybridized carbons (Fsp3) is 0.261. The molecule has 8 nitrogen and oxygen atoms in total. The van der Waals surface area contributed by atoms with Crippen LogP contribution in [-0.2, 0) is 13.0 Å². The molecule has 0 saturated heterocycles. The average Bonchev–Trinajstić information content (AvgIpc) is 2.79. The summed E-state index contributed by atoms with van der Waals surface area (Å²) in [7, 11) is 0. The Bertz CT molecular complexity index is 1130. The average molecular weight is 456 g/mol. The lowest BCUT2D eigenvalue weighted by atomic mass is 10.1. The first-order chi connectivity index (χ1) is 16.0. The van der Waals surface area contributed by atoms with E-state index in [2.05, 4.69) is 25.9 Å². The molecule has 2 aromatic carbocycles. The zero-order valence-electron chi connectivity index (χ0n) is 18.0. The van der Waals surface area contributed by atoms with E-state index in [0.29, 0.717) is 43.7 Å². The van der Waals surface area contributed by atoms with Crippen molar-refractivity contribution in [2.75, 3.05) is 25.0 Å². The van der Waals surface area contributed by atoms with E-state index in [0.717, 1.165) is 12.0 Å². The van der Waals surface area contributed by atoms with E-state index in [-0.39, 0.29) is 17.3 Å². The van der Waals surface area contributed by atoms with Gasteiger partial charge < -0.3 is 21.4 Å². The van der Waals surface area contributed by atoms with Crippen LogP contribution in [0.25, 0.3) is 11.1 Å². The number of nitrogens with two attached hydrogens (primary N) is 1. The lowest BCUT2D eigenvalue weighted by Gasteiger charge is -2.09. The Morgan fingerprint density at radius 1 is 1.09 bits per heavy atom. The molecule has 0 spiro atoms. The normalized spacial score (nSPS) is 10.8. The van der Waals surface area contributed by atoms with Crippen molar-refractivity contribution in [2.24, 2.45) is 5.73 Å². The monoisotopic (exact) mass is 456 g/mol. The van der Waals surface area contributed by atoms with E-state index in [9.17, 15) is 18.4 Å². The van der Waals surface area contributed by atoms with Crippen LogP contribution in [-0.4, -0.2) is 35.6 Å². The molecule has 1 aromatic heterocycles. The van der Waals surface area contributed by atoms with E-state index in [1.54, 1.807) is 24.3 Å². The quantitative estimate of drug-likeness (QED) is 0.300. The van der Waals surface area contributed by atoms with Gasteiger partial charge >= 0.3 is 6.03 Å². The molecule has 0 saturated carbocycles. The molecule has 1 heterocycles. The van der Waals surface area contributed by atoms with Crippen molar-refractivity contribution in [1.82, 2.24) is 20.6 Å². The van der Waals surface area contributed by atoms with Crippen LogP contribution >= 0.6 is 0 Å². The van der Waals surface area contributed by atoms with Crippen molar-refractivity contribution < 1.29 is 13.6 Å². The standard InChI is InChI=1S/C23H26F2N6O2/c24-18-6-2-15(3-7-18)8-11-28-23(33)31-22-29-14-19(21(32)30-22)16-4-5-17(20(25)12-16)13-27-10-1-9-26/h2-7,12,14,27H,1,8-11,13,26H2,(H3,28,29,30,31,32,33). The van der Waals surface area contributed by atoms with Gasteiger partial charge in [0.05, 0.1) is 5.56 Å². The highest BCUT2D eigenvalue weighted by Gasteiger charge is 2.11. The zero-order valence-corrected chi connectivity index (χ0v) is 18.0. The summed E-state index contributed by atoms with van der Waals surface area (Å²) >= 11 is 0. The fourth-order valence-corrected chi connectivity index (χ4v) is 3.10. The summed E-state index contributed by atoms with van der Waals surface area (Å²) < 4.78 is 27.3. The van der Waals surface area contributed by atoms with Crippen molar-refractivity contribution in [3.05, 3.63) is 81.8 Å². The first kappa shape index (κ1) is 24.0. The Balaban J connectivity index is 1.55. The molecule has 33 heavy (non-hydrogen) atoms. The number of amides is 2. The van der Waals surface area contributed by atoms with Crippen LogP contribution in [0.1, 0.15) is 17.5 Å². The number of aromatic amines is 1. The minimum atomic E-state index is -0.608. The summed E-state index contributed by atoms with van der Waals surface area (Å²) in [6.45, 7) is 1.93. The maximum atomic E-state index is 14.4. The predicted octanol–water partition coefficient (Wildman–Crippen LogP) is 2.52. The van der Waals surface area contributed by atoms with E-state index in [1.165, 1.54) is 24.4 Å². The van der Waals surface area contributed by atoms with Crippen molar-refractivity contribution in [3.8, 4) is 11.1 Å². The Morgan fingerprint density at radius 2 is 1.88 bits per heavy atom. The zero-order chi connectivity index (χ0) is 23.6. The maximum absolute atomic E-state index is 14.4. The Kier molecular flexibility index (Phi) is 8.62. The Labute approximate surface area is 189 Å². The highest BCUT2D eigenvalue weighted by atomic mass is 19.1. The molecule has 3 aromatic rings.